The molecule has 0 spiro atoms. The van der Waals surface area contributed by atoms with Crippen LogP contribution in [0.3, 0.4) is 0 Å². The van der Waals surface area contributed by atoms with Crippen molar-refractivity contribution in [2.24, 2.45) is 0 Å². The van der Waals surface area contributed by atoms with Crippen molar-refractivity contribution >= 4 is 28.8 Å². The fraction of sp³-hybridized carbons (Fsp3) is 0.353. The third-order valence-corrected chi connectivity index (χ3v) is 5.56. The Labute approximate surface area is 144 Å². The molecular formula is C17H18ClNO3S. The molecule has 0 bridgehead atoms. The van der Waals surface area contributed by atoms with Gasteiger partial charge in [0, 0.05) is 18.5 Å². The highest BCUT2D eigenvalue weighted by Gasteiger charge is 2.24. The van der Waals surface area contributed by atoms with Crippen LogP contribution in [0.25, 0.3) is 10.4 Å². The van der Waals surface area contributed by atoms with Gasteiger partial charge in [-0.15, -0.1) is 11.3 Å². The molecule has 122 valence electrons. The summed E-state index contributed by atoms with van der Waals surface area (Å²) in [7, 11) is 3.24. The van der Waals surface area contributed by atoms with E-state index in [0.29, 0.717) is 23.9 Å². The maximum Gasteiger partial charge on any atom is 0.261 e. The number of methoxy groups -OCH3 is 2. The summed E-state index contributed by atoms with van der Waals surface area (Å²) in [6.45, 7) is 1.02. The molecule has 1 aliphatic carbocycles. The number of rotatable bonds is 5. The monoisotopic (exact) mass is 351 g/mol. The van der Waals surface area contributed by atoms with E-state index in [1.807, 2.05) is 18.2 Å². The first-order valence-electron chi connectivity index (χ1n) is 7.41. The van der Waals surface area contributed by atoms with E-state index >= 15 is 0 Å². The number of ether oxygens (including phenoxy) is 2. The molecule has 6 heteroatoms. The number of nitrogens with one attached hydrogen (secondary N) is 1. The van der Waals surface area contributed by atoms with Gasteiger partial charge < -0.3 is 14.8 Å². The second kappa shape index (κ2) is 6.91. The maximum atomic E-state index is 12.2. The summed E-state index contributed by atoms with van der Waals surface area (Å²) in [5.74, 6) is 0.644. The van der Waals surface area contributed by atoms with Gasteiger partial charge in [0.1, 0.15) is 5.75 Å². The normalized spacial score (nSPS) is 12.5. The highest BCUT2D eigenvalue weighted by Crippen LogP contribution is 2.44. The number of halogens is 1. The number of aryl methyl sites for hydroxylation is 1. The molecule has 23 heavy (non-hydrogen) atoms. The second-order valence-electron chi connectivity index (χ2n) is 5.32. The molecule has 1 aromatic heterocycles. The van der Waals surface area contributed by atoms with E-state index in [-0.39, 0.29) is 5.91 Å². The maximum absolute atomic E-state index is 12.2. The van der Waals surface area contributed by atoms with Crippen LogP contribution in [0.2, 0.25) is 5.02 Å². The molecule has 3 rings (SSSR count). The molecule has 4 nitrogen and oxygen atoms in total. The fourth-order valence-corrected chi connectivity index (χ4v) is 4.30. The van der Waals surface area contributed by atoms with Gasteiger partial charge in [-0.2, -0.15) is 0 Å². The second-order valence-corrected chi connectivity index (χ2v) is 6.75. The number of amides is 1. The number of hydrogen-bond donors (Lipinski definition) is 1. The molecule has 1 amide bonds. The van der Waals surface area contributed by atoms with Gasteiger partial charge in [-0.3, -0.25) is 4.79 Å². The third kappa shape index (κ3) is 3.09. The molecule has 0 radical (unpaired) electrons. The Balaban J connectivity index is 1.91. The zero-order chi connectivity index (χ0) is 16.4. The van der Waals surface area contributed by atoms with E-state index in [9.17, 15) is 4.79 Å². The first kappa shape index (κ1) is 16.3. The number of hydrogen-bond acceptors (Lipinski definition) is 4. The number of carbonyl (C=O) groups excluding carboxylic acids is 1. The highest BCUT2D eigenvalue weighted by molar-refractivity contribution is 7.17. The molecular weight excluding hydrogens is 334 g/mol. The van der Waals surface area contributed by atoms with Crippen molar-refractivity contribution in [3.63, 3.8) is 0 Å². The van der Waals surface area contributed by atoms with E-state index in [1.165, 1.54) is 16.9 Å². The minimum absolute atomic E-state index is 0.0531. The molecule has 0 saturated heterocycles. The Morgan fingerprint density at radius 1 is 1.35 bits per heavy atom. The van der Waals surface area contributed by atoms with Crippen molar-refractivity contribution in [1.29, 1.82) is 0 Å². The summed E-state index contributed by atoms with van der Waals surface area (Å²) in [5, 5.41) is 3.54. The molecule has 2 aromatic rings. The standard InChI is InChI=1S/C17H18ClNO3S/c1-21-8-7-19-17(20)14-9-10-3-4-11-12(16(10)23-14)5-6-13(22-2)15(11)18/h5-6,9H,3-4,7-8H2,1-2H3,(H,19,20). The van der Waals surface area contributed by atoms with Crippen molar-refractivity contribution in [2.45, 2.75) is 12.8 Å². The Kier molecular flexibility index (Phi) is 4.90. The Morgan fingerprint density at radius 3 is 2.91 bits per heavy atom. The predicted molar refractivity (Wildman–Crippen MR) is 92.9 cm³/mol. The molecule has 0 atom stereocenters. The van der Waals surface area contributed by atoms with Crippen LogP contribution in [0.4, 0.5) is 0 Å². The van der Waals surface area contributed by atoms with Crippen LogP contribution in [0.5, 0.6) is 5.75 Å². The lowest BCUT2D eigenvalue weighted by Crippen LogP contribution is -2.26. The van der Waals surface area contributed by atoms with Crippen LogP contribution in [-0.2, 0) is 17.6 Å². The average molecular weight is 352 g/mol. The Morgan fingerprint density at radius 2 is 2.17 bits per heavy atom. The quantitative estimate of drug-likeness (QED) is 0.838. The van der Waals surface area contributed by atoms with Crippen LogP contribution in [0.15, 0.2) is 18.2 Å². The third-order valence-electron chi connectivity index (χ3n) is 3.94. The van der Waals surface area contributed by atoms with Gasteiger partial charge >= 0.3 is 0 Å². The molecule has 0 saturated carbocycles. The number of carbonyl (C=O) groups is 1. The summed E-state index contributed by atoms with van der Waals surface area (Å²) in [5.41, 5.74) is 3.42. The summed E-state index contributed by atoms with van der Waals surface area (Å²) < 4.78 is 10.2. The zero-order valence-corrected chi connectivity index (χ0v) is 14.6. The van der Waals surface area contributed by atoms with Gasteiger partial charge in [0.15, 0.2) is 0 Å². The summed E-state index contributed by atoms with van der Waals surface area (Å²) >= 11 is 7.95. The van der Waals surface area contributed by atoms with Gasteiger partial charge in [-0.05, 0) is 47.7 Å². The van der Waals surface area contributed by atoms with Crippen molar-refractivity contribution in [3.05, 3.63) is 39.2 Å². The van der Waals surface area contributed by atoms with Gasteiger partial charge in [0.05, 0.1) is 23.6 Å². The van der Waals surface area contributed by atoms with Crippen LogP contribution >= 0.6 is 22.9 Å². The molecule has 1 N–H and O–H groups in total. The molecule has 1 aromatic carbocycles. The SMILES string of the molecule is COCCNC(=O)c1cc2c(s1)-c1ccc(OC)c(Cl)c1CC2. The molecule has 1 heterocycles. The topological polar surface area (TPSA) is 47.6 Å². The van der Waals surface area contributed by atoms with E-state index in [4.69, 9.17) is 21.1 Å². The number of fused-ring (bicyclic) bond motifs is 3. The molecule has 0 fully saturated rings. The zero-order valence-electron chi connectivity index (χ0n) is 13.1. The Hall–Kier alpha value is -1.56. The minimum atomic E-state index is -0.0531. The van der Waals surface area contributed by atoms with Crippen molar-refractivity contribution in [2.75, 3.05) is 27.4 Å². The van der Waals surface area contributed by atoms with Gasteiger partial charge in [-0.1, -0.05) is 11.6 Å². The summed E-state index contributed by atoms with van der Waals surface area (Å²) in [4.78, 5) is 14.1. The van der Waals surface area contributed by atoms with Crippen LogP contribution in [0.1, 0.15) is 20.8 Å². The lowest BCUT2D eigenvalue weighted by atomic mass is 9.91. The van der Waals surface area contributed by atoms with E-state index in [2.05, 4.69) is 5.32 Å². The molecule has 1 aliphatic rings. The van der Waals surface area contributed by atoms with E-state index in [1.54, 1.807) is 14.2 Å². The summed E-state index contributed by atoms with van der Waals surface area (Å²) in [6.07, 6.45) is 1.75. The van der Waals surface area contributed by atoms with Crippen LogP contribution < -0.4 is 10.1 Å². The number of benzene rings is 1. The molecule has 0 unspecified atom stereocenters. The minimum Gasteiger partial charge on any atom is -0.495 e. The van der Waals surface area contributed by atoms with Gasteiger partial charge in [-0.25, -0.2) is 0 Å². The molecule has 0 aliphatic heterocycles. The van der Waals surface area contributed by atoms with Crippen LogP contribution in [0, 0.1) is 0 Å². The van der Waals surface area contributed by atoms with E-state index in [0.717, 1.165) is 33.7 Å². The van der Waals surface area contributed by atoms with Crippen LogP contribution in [-0.4, -0.2) is 33.3 Å². The van der Waals surface area contributed by atoms with Crippen molar-refractivity contribution in [1.82, 2.24) is 5.32 Å². The smallest absolute Gasteiger partial charge is 0.261 e. The lowest BCUT2D eigenvalue weighted by molar-refractivity contribution is 0.0941. The average Bonchev–Trinajstić information content (AvgIpc) is 3.00. The lowest BCUT2D eigenvalue weighted by Gasteiger charge is -2.18. The van der Waals surface area contributed by atoms with Crippen molar-refractivity contribution in [3.8, 4) is 16.2 Å². The van der Waals surface area contributed by atoms with Crippen molar-refractivity contribution < 1.29 is 14.3 Å². The highest BCUT2D eigenvalue weighted by atomic mass is 35.5. The fourth-order valence-electron chi connectivity index (χ4n) is 2.78. The van der Waals surface area contributed by atoms with Gasteiger partial charge in [0.2, 0.25) is 0 Å². The van der Waals surface area contributed by atoms with E-state index < -0.39 is 0 Å². The predicted octanol–water partition coefficient (Wildman–Crippen LogP) is 3.55. The first-order valence-corrected chi connectivity index (χ1v) is 8.60. The first-order chi connectivity index (χ1) is 11.2. The van der Waals surface area contributed by atoms with Gasteiger partial charge in [0.25, 0.3) is 5.91 Å². The largest absolute Gasteiger partial charge is 0.495 e. The Bertz CT molecular complexity index is 742. The summed E-state index contributed by atoms with van der Waals surface area (Å²) in [6, 6.07) is 5.90. The number of thiophene rings is 1.